The molecule has 25 nitrogen and oxygen atoms in total. The molecule has 0 saturated carbocycles. The maximum absolute atomic E-state index is 4.65. The standard InChI is InChI=1S/C18H14N6.C17H13N7.2C17H12N6.4Pt/c1-12-5-6-16(22-12)18-19-8-7-14(24-18)11-13-3-2-4-15(23-13)17-20-9-10-21-17;1-11-9-15(24-23-11)14-4-2-3-12(21-14)10-13-5-6-18-17(22-13)16-19-7-8-20-16;1-3-12(22-15(4-1)16-20-9-10-21-16)11-13-6-8-19-17(23-13)14-5-2-7-18-14;1-3-12(22-15(4-1)14-5-2-7-18-14)11-13-6-8-19-17(23-13)16-20-9-10-21-16;;;;/h2-10H,11H2,1H3;2-9H,10H2,1H3;2*1-10H,11H2;;;;/q4*-2;4*+2. The van der Waals surface area contributed by atoms with Crippen LogP contribution in [0.15, 0.2) is 226 Å². The largest absolute Gasteiger partial charge is 2.00 e. The number of pyridine rings is 4. The van der Waals surface area contributed by atoms with Crippen LogP contribution in [-0.4, -0.2) is 84.8 Å². The van der Waals surface area contributed by atoms with E-state index in [0.717, 1.165) is 102 Å². The van der Waals surface area contributed by atoms with Crippen molar-refractivity contribution in [3.8, 4) is 92.1 Å². The maximum atomic E-state index is 4.65. The van der Waals surface area contributed by atoms with Gasteiger partial charge in [-0.3, -0.25) is 19.9 Å². The molecule has 16 aromatic rings. The predicted molar refractivity (Wildman–Crippen MR) is 345 cm³/mol. The first-order valence-electron chi connectivity index (χ1n) is 29.4. The Labute approximate surface area is 618 Å². The number of imidazole rings is 4. The van der Waals surface area contributed by atoms with E-state index in [2.05, 4.69) is 125 Å². The van der Waals surface area contributed by atoms with Gasteiger partial charge in [0.25, 0.3) is 0 Å². The molecule has 0 aliphatic rings. The Morgan fingerprint density at radius 2 is 0.643 bits per heavy atom. The van der Waals surface area contributed by atoms with E-state index in [1.165, 1.54) is 0 Å². The average molecular weight is 2010 g/mol. The summed E-state index contributed by atoms with van der Waals surface area (Å²) in [6, 6.07) is 44.4. The van der Waals surface area contributed by atoms with Crippen molar-refractivity contribution >= 4 is 0 Å². The van der Waals surface area contributed by atoms with Gasteiger partial charge in [0, 0.05) is 90.3 Å². The number of nitrogens with zero attached hydrogens (tertiary/aromatic N) is 25. The van der Waals surface area contributed by atoms with Gasteiger partial charge < -0.3 is 65.0 Å². The zero-order valence-electron chi connectivity index (χ0n) is 51.6. The Bertz CT molecular complexity index is 4520. The molecule has 0 saturated heterocycles. The van der Waals surface area contributed by atoms with Crippen LogP contribution in [0.2, 0.25) is 0 Å². The normalized spacial score (nSPS) is 10.4. The third-order valence-corrected chi connectivity index (χ3v) is 13.8. The van der Waals surface area contributed by atoms with Gasteiger partial charge in [-0.25, -0.2) is 39.9 Å². The van der Waals surface area contributed by atoms with E-state index in [9.17, 15) is 0 Å². The smallest absolute Gasteiger partial charge is 0.662 e. The number of aryl methyl sites for hydroxylation is 2. The summed E-state index contributed by atoms with van der Waals surface area (Å²) in [6.45, 7) is 3.86. The summed E-state index contributed by atoms with van der Waals surface area (Å²) in [5.41, 5.74) is 15.4. The minimum atomic E-state index is 0. The van der Waals surface area contributed by atoms with Gasteiger partial charge in [0.2, 0.25) is 0 Å². The van der Waals surface area contributed by atoms with Crippen LogP contribution in [0.1, 0.15) is 56.9 Å². The first-order valence-corrected chi connectivity index (χ1v) is 29.4. The van der Waals surface area contributed by atoms with Crippen molar-refractivity contribution < 1.29 is 84.3 Å². The van der Waals surface area contributed by atoms with Crippen LogP contribution in [-0.2, 0) is 110 Å². The van der Waals surface area contributed by atoms with Gasteiger partial charge in [-0.2, -0.15) is 18.1 Å². The molecule has 0 fully saturated rings. The fourth-order valence-electron chi connectivity index (χ4n) is 9.48. The Morgan fingerprint density at radius 3 is 1.02 bits per heavy atom. The van der Waals surface area contributed by atoms with Crippen LogP contribution in [0.3, 0.4) is 0 Å². The summed E-state index contributed by atoms with van der Waals surface area (Å²) in [5, 5.41) is 8.15. The Hall–Kier alpha value is -10.4. The molecular formula is C69H51N25Pt4. The van der Waals surface area contributed by atoms with Crippen molar-refractivity contribution in [2.45, 2.75) is 39.5 Å². The van der Waals surface area contributed by atoms with Crippen LogP contribution in [0.25, 0.3) is 92.1 Å². The monoisotopic (exact) mass is 2010 g/mol. The first-order chi connectivity index (χ1) is 46.3. The average Bonchev–Trinajstić information content (AvgIpc) is 1.88. The van der Waals surface area contributed by atoms with Crippen molar-refractivity contribution in [1.82, 2.24) is 125 Å². The second-order valence-electron chi connectivity index (χ2n) is 20.7. The molecule has 0 amide bonds. The van der Waals surface area contributed by atoms with Gasteiger partial charge in [0.05, 0.1) is 34.2 Å². The quantitative estimate of drug-likeness (QED) is 0.0875. The fourth-order valence-corrected chi connectivity index (χ4v) is 9.48. The third-order valence-electron chi connectivity index (χ3n) is 13.8. The number of hydrogen-bond donors (Lipinski definition) is 0. The molecular weight excluding hydrogens is 1960 g/mol. The topological polar surface area (TPSA) is 332 Å². The Morgan fingerprint density at radius 1 is 0.276 bits per heavy atom. The molecule has 0 bridgehead atoms. The fraction of sp³-hybridized carbons (Fsp3) is 0.0870. The predicted octanol–water partition coefficient (Wildman–Crippen LogP) is 8.43. The van der Waals surface area contributed by atoms with Crippen LogP contribution in [0.5, 0.6) is 0 Å². The van der Waals surface area contributed by atoms with Crippen molar-refractivity contribution in [2.24, 2.45) is 0 Å². The van der Waals surface area contributed by atoms with Gasteiger partial charge in [-0.15, -0.1) is 5.69 Å². The molecule has 0 aromatic carbocycles. The number of hydrogen-bond acceptors (Lipinski definition) is 17. The molecule has 16 aromatic heterocycles. The molecule has 0 aliphatic heterocycles. The van der Waals surface area contributed by atoms with Gasteiger partial charge in [-0.05, 0) is 103 Å². The molecule has 0 radical (unpaired) electrons. The molecule has 0 aliphatic carbocycles. The van der Waals surface area contributed by atoms with Crippen molar-refractivity contribution in [2.75, 3.05) is 0 Å². The number of rotatable bonds is 16. The van der Waals surface area contributed by atoms with E-state index in [-0.39, 0.29) is 84.3 Å². The van der Waals surface area contributed by atoms with E-state index >= 15 is 0 Å². The summed E-state index contributed by atoms with van der Waals surface area (Å²) in [5.74, 6) is 4.65. The second-order valence-corrected chi connectivity index (χ2v) is 20.7. The minimum Gasteiger partial charge on any atom is -0.662 e. The summed E-state index contributed by atoms with van der Waals surface area (Å²) >= 11 is 0. The Kier molecular flexibility index (Phi) is 26.0. The van der Waals surface area contributed by atoms with Gasteiger partial charge in [0.15, 0.2) is 11.6 Å². The molecule has 0 N–H and O–H groups in total. The van der Waals surface area contributed by atoms with Crippen LogP contribution in [0.4, 0.5) is 0 Å². The van der Waals surface area contributed by atoms with E-state index in [1.54, 1.807) is 86.8 Å². The zero-order valence-corrected chi connectivity index (χ0v) is 60.7. The second kappa shape index (κ2) is 35.5. The zero-order chi connectivity index (χ0) is 63.7. The summed E-state index contributed by atoms with van der Waals surface area (Å²) < 4.78 is 0. The summed E-state index contributed by atoms with van der Waals surface area (Å²) in [4.78, 5) is 99.8. The van der Waals surface area contributed by atoms with Crippen LogP contribution >= 0.6 is 0 Å². The van der Waals surface area contributed by atoms with Gasteiger partial charge in [-0.1, -0.05) is 140 Å². The number of aromatic nitrogens is 25. The molecule has 0 spiro atoms. The summed E-state index contributed by atoms with van der Waals surface area (Å²) in [7, 11) is 0. The van der Waals surface area contributed by atoms with Gasteiger partial charge >= 0.3 is 84.3 Å². The van der Waals surface area contributed by atoms with Crippen molar-refractivity contribution in [3.05, 3.63) is 283 Å². The van der Waals surface area contributed by atoms with E-state index in [0.29, 0.717) is 72.3 Å². The minimum absolute atomic E-state index is 0. The molecule has 492 valence electrons. The van der Waals surface area contributed by atoms with Crippen LogP contribution < -0.4 is 40.0 Å². The van der Waals surface area contributed by atoms with E-state index in [1.807, 2.05) is 153 Å². The van der Waals surface area contributed by atoms with Crippen LogP contribution in [0, 0.1) is 13.8 Å². The third kappa shape index (κ3) is 19.4. The maximum Gasteiger partial charge on any atom is 2.00 e. The Balaban J connectivity index is 0.000000151. The molecule has 0 atom stereocenters. The van der Waals surface area contributed by atoms with Crippen molar-refractivity contribution in [1.29, 1.82) is 0 Å². The van der Waals surface area contributed by atoms with E-state index < -0.39 is 0 Å². The SMILES string of the molecule is Cc1cc(-c2cccc(Cc3ccnc(-c4ncc[n-]4)n3)n2)[n-]n1.Cc1ccc(-c2nccc(Cc3cccc(-c4ncc[n-]4)n3)n2)[n-]1.[Pt+2].[Pt+2].[Pt+2].[Pt+2].c1cc(Cc2ccnc(-c3ccc[n-]3)n2)nc(-c2ncc[n-]2)c1.c1cc(Cc2ccnc(-c3ncc[n-]3)n2)nc(-c2ccc[n-]2)c1. The molecule has 16 heterocycles. The molecule has 98 heavy (non-hydrogen) atoms. The molecule has 29 heteroatoms. The first kappa shape index (κ1) is 71.8. The van der Waals surface area contributed by atoms with Crippen molar-refractivity contribution in [3.63, 3.8) is 0 Å². The van der Waals surface area contributed by atoms with Gasteiger partial charge in [0.1, 0.15) is 11.6 Å². The van der Waals surface area contributed by atoms with E-state index in [4.69, 9.17) is 0 Å². The molecule has 16 rings (SSSR count). The molecule has 0 unspecified atom stereocenters. The summed E-state index contributed by atoms with van der Waals surface area (Å²) in [6.07, 6.45) is 26.0.